The summed E-state index contributed by atoms with van der Waals surface area (Å²) in [7, 11) is 1.35. The molecule has 1 N–H and O–H groups in total. The summed E-state index contributed by atoms with van der Waals surface area (Å²) in [6.45, 7) is 14.8. The van der Waals surface area contributed by atoms with Crippen LogP contribution in [0.5, 0.6) is 0 Å². The van der Waals surface area contributed by atoms with E-state index in [1.807, 2.05) is 20.8 Å². The van der Waals surface area contributed by atoms with Gasteiger partial charge in [0.05, 0.1) is 25.0 Å². The van der Waals surface area contributed by atoms with Crippen LogP contribution in [0.4, 0.5) is 0 Å². The van der Waals surface area contributed by atoms with E-state index >= 15 is 0 Å². The van der Waals surface area contributed by atoms with Crippen LogP contribution in [-0.4, -0.2) is 36.4 Å². The minimum Gasteiger partial charge on any atom is -0.469 e. The number of rotatable bonds is 10. The van der Waals surface area contributed by atoms with E-state index < -0.39 is 11.5 Å². The van der Waals surface area contributed by atoms with Crippen LogP contribution in [0.3, 0.4) is 0 Å². The number of carbonyl (C=O) groups excluding carboxylic acids is 2. The van der Waals surface area contributed by atoms with Gasteiger partial charge < -0.3 is 14.6 Å². The molecule has 0 bridgehead atoms. The largest absolute Gasteiger partial charge is 0.469 e. The molecule has 33 heavy (non-hydrogen) atoms. The Morgan fingerprint density at radius 1 is 1.30 bits per heavy atom. The fourth-order valence-corrected chi connectivity index (χ4v) is 5.52. The summed E-state index contributed by atoms with van der Waals surface area (Å²) in [5.41, 5.74) is 0.566. The minimum atomic E-state index is -0.678. The maximum Gasteiger partial charge on any atom is 0.311 e. The number of hydrogen-bond donors (Lipinski definition) is 1. The topological polar surface area (TPSA) is 72.8 Å². The zero-order valence-corrected chi connectivity index (χ0v) is 22.0. The number of aliphatic hydroxyl groups excluding tert-OH is 1. The maximum absolute atomic E-state index is 13.1. The van der Waals surface area contributed by atoms with Crippen molar-refractivity contribution in [2.24, 2.45) is 34.5 Å². The Morgan fingerprint density at radius 2 is 1.97 bits per heavy atom. The molecule has 0 saturated heterocycles. The van der Waals surface area contributed by atoms with Crippen molar-refractivity contribution in [3.8, 4) is 0 Å². The second-order valence-corrected chi connectivity index (χ2v) is 11.4. The molecule has 0 unspecified atom stereocenters. The van der Waals surface area contributed by atoms with E-state index in [0.29, 0.717) is 24.2 Å². The zero-order chi connectivity index (χ0) is 25.0. The first-order chi connectivity index (χ1) is 15.3. The van der Waals surface area contributed by atoms with E-state index in [9.17, 15) is 14.7 Å². The Kier molecular flexibility index (Phi) is 9.38. The van der Waals surface area contributed by atoms with Gasteiger partial charge in [0.25, 0.3) is 0 Å². The van der Waals surface area contributed by atoms with Crippen molar-refractivity contribution in [2.75, 3.05) is 7.11 Å². The molecule has 0 fully saturated rings. The van der Waals surface area contributed by atoms with Gasteiger partial charge in [-0.2, -0.15) is 0 Å². The van der Waals surface area contributed by atoms with Crippen molar-refractivity contribution in [3.63, 3.8) is 0 Å². The highest BCUT2D eigenvalue weighted by atomic mass is 16.5. The van der Waals surface area contributed by atoms with E-state index in [1.165, 1.54) is 12.7 Å². The number of esters is 2. The van der Waals surface area contributed by atoms with Crippen molar-refractivity contribution in [1.29, 1.82) is 0 Å². The summed E-state index contributed by atoms with van der Waals surface area (Å²) in [6.07, 6.45) is 10.2. The molecule has 0 radical (unpaired) electrons. The molecule has 2 aliphatic carbocycles. The number of carbonyl (C=O) groups is 2. The van der Waals surface area contributed by atoms with E-state index in [4.69, 9.17) is 4.74 Å². The highest BCUT2D eigenvalue weighted by Gasteiger charge is 2.51. The molecule has 0 aromatic carbocycles. The van der Waals surface area contributed by atoms with Gasteiger partial charge >= 0.3 is 11.9 Å². The standard InChI is InChI=1S/C28H46O5/c1-9-27(5,6)26(31)33-24-16-19(3)14-21-12-11-20(4)23(28(21,24)7)13-10-18(2)15-22(29)17-25(30)32-8/h11-12,14,18-20,22-24,29H,9-10,13,15-17H2,1-8H3/t18-,19+,20+,22-,23+,24+,28+/m1/s1. The predicted molar refractivity (Wildman–Crippen MR) is 131 cm³/mol. The van der Waals surface area contributed by atoms with Gasteiger partial charge in [-0.3, -0.25) is 9.59 Å². The molecule has 5 nitrogen and oxygen atoms in total. The fourth-order valence-electron chi connectivity index (χ4n) is 5.52. The van der Waals surface area contributed by atoms with Gasteiger partial charge in [0.2, 0.25) is 0 Å². The third-order valence-corrected chi connectivity index (χ3v) is 8.29. The highest BCUT2D eigenvalue weighted by Crippen LogP contribution is 2.54. The second kappa shape index (κ2) is 11.2. The Bertz CT molecular complexity index is 751. The summed E-state index contributed by atoms with van der Waals surface area (Å²) in [6, 6.07) is 0. The minimum absolute atomic E-state index is 0.0388. The monoisotopic (exact) mass is 462 g/mol. The van der Waals surface area contributed by atoms with Crippen molar-refractivity contribution < 1.29 is 24.2 Å². The lowest BCUT2D eigenvalue weighted by Gasteiger charge is -2.52. The molecule has 5 heteroatoms. The average Bonchev–Trinajstić information content (AvgIpc) is 2.74. The van der Waals surface area contributed by atoms with E-state index in [0.717, 1.165) is 25.7 Å². The molecule has 2 aliphatic rings. The fraction of sp³-hybridized carbons (Fsp3) is 0.786. The smallest absolute Gasteiger partial charge is 0.311 e. The van der Waals surface area contributed by atoms with Gasteiger partial charge in [-0.1, -0.05) is 59.3 Å². The van der Waals surface area contributed by atoms with Crippen molar-refractivity contribution >= 4 is 11.9 Å². The number of hydrogen-bond acceptors (Lipinski definition) is 5. The number of allylic oxidation sites excluding steroid dienone is 3. The molecular weight excluding hydrogens is 416 g/mol. The first-order valence-corrected chi connectivity index (χ1v) is 12.7. The molecule has 0 aromatic heterocycles. The van der Waals surface area contributed by atoms with E-state index in [1.54, 1.807) is 0 Å². The van der Waals surface area contributed by atoms with Crippen LogP contribution in [-0.2, 0) is 19.1 Å². The normalized spacial score (nSPS) is 31.2. The maximum atomic E-state index is 13.1. The Hall–Kier alpha value is -1.62. The van der Waals surface area contributed by atoms with Crippen molar-refractivity contribution in [1.82, 2.24) is 0 Å². The van der Waals surface area contributed by atoms with Gasteiger partial charge in [0, 0.05) is 5.41 Å². The van der Waals surface area contributed by atoms with Crippen LogP contribution in [0.15, 0.2) is 23.8 Å². The summed E-state index contributed by atoms with van der Waals surface area (Å²) in [5.74, 6) is 0.865. The molecule has 188 valence electrons. The quantitative estimate of drug-likeness (QED) is 0.412. The average molecular weight is 463 g/mol. The van der Waals surface area contributed by atoms with Crippen LogP contribution in [0.2, 0.25) is 0 Å². The Balaban J connectivity index is 2.19. The number of methoxy groups -OCH3 is 1. The molecular formula is C28H46O5. The molecule has 0 spiro atoms. The number of ether oxygens (including phenoxy) is 2. The molecule has 7 atom stereocenters. The molecule has 0 amide bonds. The lowest BCUT2D eigenvalue weighted by molar-refractivity contribution is -0.170. The van der Waals surface area contributed by atoms with Gasteiger partial charge in [-0.25, -0.2) is 0 Å². The molecule has 0 saturated carbocycles. The second-order valence-electron chi connectivity index (χ2n) is 11.4. The van der Waals surface area contributed by atoms with Gasteiger partial charge in [-0.15, -0.1) is 0 Å². The van der Waals surface area contributed by atoms with Crippen molar-refractivity contribution in [3.05, 3.63) is 23.8 Å². The lowest BCUT2D eigenvalue weighted by Crippen LogP contribution is -2.50. The third-order valence-electron chi connectivity index (χ3n) is 8.29. The lowest BCUT2D eigenvalue weighted by atomic mass is 9.55. The number of fused-ring (bicyclic) bond motifs is 1. The molecule has 0 heterocycles. The van der Waals surface area contributed by atoms with Crippen LogP contribution >= 0.6 is 0 Å². The van der Waals surface area contributed by atoms with Crippen LogP contribution in [0, 0.1) is 34.5 Å². The third kappa shape index (κ3) is 6.49. The molecule has 0 aromatic rings. The van der Waals surface area contributed by atoms with Crippen molar-refractivity contribution in [2.45, 2.75) is 99.2 Å². The molecule has 2 rings (SSSR count). The SMILES string of the molecule is CCC(C)(C)C(=O)O[C@H]1C[C@@H](C)C=C2C=C[C@H](C)[C@H](CC[C@@H](C)C[C@@H](O)CC(=O)OC)[C@]21C. The van der Waals surface area contributed by atoms with Crippen LogP contribution < -0.4 is 0 Å². The van der Waals surface area contributed by atoms with E-state index in [2.05, 4.69) is 50.7 Å². The van der Waals surface area contributed by atoms with Gasteiger partial charge in [0.15, 0.2) is 0 Å². The highest BCUT2D eigenvalue weighted by molar-refractivity contribution is 5.76. The molecule has 0 aliphatic heterocycles. The van der Waals surface area contributed by atoms with Crippen LogP contribution in [0.25, 0.3) is 0 Å². The summed E-state index contributed by atoms with van der Waals surface area (Å²) >= 11 is 0. The Labute approximate surface area is 201 Å². The zero-order valence-electron chi connectivity index (χ0n) is 22.0. The first kappa shape index (κ1) is 27.6. The summed E-state index contributed by atoms with van der Waals surface area (Å²) < 4.78 is 11.0. The van der Waals surface area contributed by atoms with Gasteiger partial charge in [-0.05, 0) is 68.8 Å². The predicted octanol–water partition coefficient (Wildman–Crippen LogP) is 5.86. The van der Waals surface area contributed by atoms with E-state index in [-0.39, 0.29) is 35.8 Å². The summed E-state index contributed by atoms with van der Waals surface area (Å²) in [4.78, 5) is 24.5. The van der Waals surface area contributed by atoms with Crippen LogP contribution in [0.1, 0.15) is 87.0 Å². The van der Waals surface area contributed by atoms with Gasteiger partial charge in [0.1, 0.15) is 6.10 Å². The number of aliphatic hydroxyl groups is 1. The first-order valence-electron chi connectivity index (χ1n) is 12.7. The summed E-state index contributed by atoms with van der Waals surface area (Å²) in [5, 5.41) is 10.2. The Morgan fingerprint density at radius 3 is 2.58 bits per heavy atom.